The Morgan fingerprint density at radius 1 is 1.32 bits per heavy atom. The Bertz CT molecular complexity index is 419. The quantitative estimate of drug-likeness (QED) is 0.827. The monoisotopic (exact) mass is 323 g/mol. The molecule has 19 heavy (non-hydrogen) atoms. The molecule has 0 bridgehead atoms. The van der Waals surface area contributed by atoms with E-state index in [9.17, 15) is 4.79 Å². The first-order chi connectivity index (χ1) is 9.06. The molecule has 2 rings (SSSR count). The highest BCUT2D eigenvalue weighted by molar-refractivity contribution is 9.09. The van der Waals surface area contributed by atoms with Crippen LogP contribution in [0.5, 0.6) is 0 Å². The van der Waals surface area contributed by atoms with E-state index in [-0.39, 0.29) is 11.8 Å². The molecule has 0 aromatic heterocycles. The molecule has 0 fully saturated rings. The van der Waals surface area contributed by atoms with Crippen LogP contribution in [0.1, 0.15) is 31.4 Å². The number of halogens is 1. The molecule has 2 nitrogen and oxygen atoms in total. The summed E-state index contributed by atoms with van der Waals surface area (Å²) in [6.07, 6.45) is 2.86. The topological polar surface area (TPSA) is 29.1 Å². The highest BCUT2D eigenvalue weighted by atomic mass is 79.9. The molecular formula is C16H22BrNO. The lowest BCUT2D eigenvalue weighted by Gasteiger charge is -2.15. The van der Waals surface area contributed by atoms with Crippen LogP contribution in [0.3, 0.4) is 0 Å². The van der Waals surface area contributed by atoms with E-state index in [1.54, 1.807) is 0 Å². The van der Waals surface area contributed by atoms with Gasteiger partial charge in [0.25, 0.3) is 0 Å². The van der Waals surface area contributed by atoms with Gasteiger partial charge in [-0.2, -0.15) is 0 Å². The average molecular weight is 324 g/mol. The van der Waals surface area contributed by atoms with Crippen molar-refractivity contribution in [3.63, 3.8) is 0 Å². The first-order valence-corrected chi connectivity index (χ1v) is 7.96. The minimum Gasteiger partial charge on any atom is -0.355 e. The van der Waals surface area contributed by atoms with Gasteiger partial charge in [0.1, 0.15) is 0 Å². The predicted octanol–water partition coefficient (Wildman–Crippen LogP) is 3.33. The second-order valence-corrected chi connectivity index (χ2v) is 7.14. The summed E-state index contributed by atoms with van der Waals surface area (Å²) >= 11 is 3.63. The molecule has 0 saturated carbocycles. The Morgan fingerprint density at radius 3 is 2.42 bits per heavy atom. The molecule has 1 N–H and O–H groups in total. The first kappa shape index (κ1) is 14.6. The van der Waals surface area contributed by atoms with Crippen LogP contribution >= 0.6 is 15.9 Å². The fourth-order valence-corrected chi connectivity index (χ4v) is 3.60. The van der Waals surface area contributed by atoms with Crippen molar-refractivity contribution in [1.82, 2.24) is 5.32 Å². The van der Waals surface area contributed by atoms with Gasteiger partial charge >= 0.3 is 0 Å². The fraction of sp³-hybridized carbons (Fsp3) is 0.562. The third-order valence-corrected chi connectivity index (χ3v) is 4.34. The van der Waals surface area contributed by atoms with E-state index in [0.29, 0.717) is 10.7 Å². The molecule has 0 spiro atoms. The number of benzene rings is 1. The molecule has 3 heteroatoms. The Kier molecular flexibility index (Phi) is 5.03. The normalized spacial score (nSPS) is 16.4. The number of fused-ring (bicyclic) bond motifs is 1. The van der Waals surface area contributed by atoms with Crippen molar-refractivity contribution in [3.8, 4) is 0 Å². The average Bonchev–Trinajstić information content (AvgIpc) is 2.78. The van der Waals surface area contributed by atoms with E-state index in [1.165, 1.54) is 11.1 Å². The van der Waals surface area contributed by atoms with Gasteiger partial charge in [-0.3, -0.25) is 4.79 Å². The van der Waals surface area contributed by atoms with Gasteiger partial charge in [-0.1, -0.05) is 54.0 Å². The minimum absolute atomic E-state index is 0.121. The lowest BCUT2D eigenvalue weighted by molar-refractivity contribution is -0.124. The predicted molar refractivity (Wildman–Crippen MR) is 82.5 cm³/mol. The molecule has 104 valence electrons. The molecule has 0 heterocycles. The minimum atomic E-state index is 0.121. The van der Waals surface area contributed by atoms with Crippen LogP contribution < -0.4 is 5.32 Å². The number of hydrogen-bond acceptors (Lipinski definition) is 1. The van der Waals surface area contributed by atoms with Crippen LogP contribution in [0.25, 0.3) is 0 Å². The molecule has 1 aliphatic rings. The maximum absolute atomic E-state index is 12.2. The van der Waals surface area contributed by atoms with Crippen LogP contribution in [-0.2, 0) is 17.6 Å². The van der Waals surface area contributed by atoms with Crippen molar-refractivity contribution < 1.29 is 4.79 Å². The van der Waals surface area contributed by atoms with Crippen LogP contribution in [0.2, 0.25) is 0 Å². The third kappa shape index (κ3) is 4.07. The molecule has 0 radical (unpaired) electrons. The van der Waals surface area contributed by atoms with Gasteiger partial charge < -0.3 is 5.32 Å². The van der Waals surface area contributed by atoms with Gasteiger partial charge in [-0.05, 0) is 36.3 Å². The molecule has 1 aromatic carbocycles. The molecule has 0 saturated heterocycles. The van der Waals surface area contributed by atoms with Crippen LogP contribution in [0, 0.1) is 11.8 Å². The summed E-state index contributed by atoms with van der Waals surface area (Å²) in [5, 5.41) is 3.08. The number of nitrogens with one attached hydrogen (secondary N) is 1. The SMILES string of the molecule is CC(C)CC(Br)CNC(=O)C1Cc2ccccc2C1. The van der Waals surface area contributed by atoms with E-state index >= 15 is 0 Å². The van der Waals surface area contributed by atoms with Crippen LogP contribution in [-0.4, -0.2) is 17.3 Å². The standard InChI is InChI=1S/C16H22BrNO/c1-11(2)7-15(17)10-18-16(19)14-8-12-5-3-4-6-13(12)9-14/h3-6,11,14-15H,7-10H2,1-2H3,(H,18,19). The lowest BCUT2D eigenvalue weighted by Crippen LogP contribution is -2.35. The number of carbonyl (C=O) groups is 1. The van der Waals surface area contributed by atoms with Gasteiger partial charge in [-0.15, -0.1) is 0 Å². The summed E-state index contributed by atoms with van der Waals surface area (Å²) in [7, 11) is 0. The lowest BCUT2D eigenvalue weighted by atomic mass is 10.1. The Labute approximate surface area is 124 Å². The molecule has 1 unspecified atom stereocenters. The zero-order valence-electron chi connectivity index (χ0n) is 11.7. The van der Waals surface area contributed by atoms with Crippen molar-refractivity contribution in [3.05, 3.63) is 35.4 Å². The van der Waals surface area contributed by atoms with Gasteiger partial charge in [0.05, 0.1) is 0 Å². The van der Waals surface area contributed by atoms with E-state index < -0.39 is 0 Å². The van der Waals surface area contributed by atoms with Crippen molar-refractivity contribution in [2.45, 2.75) is 37.9 Å². The number of rotatable bonds is 5. The molecule has 1 aliphatic carbocycles. The van der Waals surface area contributed by atoms with Gasteiger partial charge in [0.15, 0.2) is 0 Å². The maximum Gasteiger partial charge on any atom is 0.223 e. The van der Waals surface area contributed by atoms with Crippen LogP contribution in [0.15, 0.2) is 24.3 Å². The first-order valence-electron chi connectivity index (χ1n) is 7.04. The second-order valence-electron chi connectivity index (χ2n) is 5.85. The molecule has 1 amide bonds. The zero-order chi connectivity index (χ0) is 13.8. The summed E-state index contributed by atoms with van der Waals surface area (Å²) in [5.74, 6) is 0.970. The van der Waals surface area contributed by atoms with Gasteiger partial charge in [-0.25, -0.2) is 0 Å². The Morgan fingerprint density at radius 2 is 1.89 bits per heavy atom. The van der Waals surface area contributed by atoms with E-state index in [0.717, 1.165) is 25.8 Å². The smallest absolute Gasteiger partial charge is 0.223 e. The van der Waals surface area contributed by atoms with Crippen molar-refractivity contribution in [2.24, 2.45) is 11.8 Å². The Balaban J connectivity index is 1.80. The number of alkyl halides is 1. The Hall–Kier alpha value is -0.830. The molecular weight excluding hydrogens is 302 g/mol. The van der Waals surface area contributed by atoms with Crippen molar-refractivity contribution >= 4 is 21.8 Å². The van der Waals surface area contributed by atoms with Crippen molar-refractivity contribution in [1.29, 1.82) is 0 Å². The third-order valence-electron chi connectivity index (χ3n) is 3.65. The fourth-order valence-electron chi connectivity index (χ4n) is 2.69. The molecule has 1 aromatic rings. The van der Waals surface area contributed by atoms with Crippen LogP contribution in [0.4, 0.5) is 0 Å². The summed E-state index contributed by atoms with van der Waals surface area (Å²) < 4.78 is 0. The highest BCUT2D eigenvalue weighted by Crippen LogP contribution is 2.26. The highest BCUT2D eigenvalue weighted by Gasteiger charge is 2.27. The van der Waals surface area contributed by atoms with Gasteiger partial charge in [0, 0.05) is 17.3 Å². The van der Waals surface area contributed by atoms with Gasteiger partial charge in [0.2, 0.25) is 5.91 Å². The number of carbonyl (C=O) groups excluding carboxylic acids is 1. The largest absolute Gasteiger partial charge is 0.355 e. The maximum atomic E-state index is 12.2. The molecule has 0 aliphatic heterocycles. The zero-order valence-corrected chi connectivity index (χ0v) is 13.2. The summed E-state index contributed by atoms with van der Waals surface area (Å²) in [4.78, 5) is 12.5. The number of amides is 1. The van der Waals surface area contributed by atoms with E-state index in [4.69, 9.17) is 0 Å². The second kappa shape index (κ2) is 6.56. The van der Waals surface area contributed by atoms with Crippen molar-refractivity contribution in [2.75, 3.05) is 6.54 Å². The van der Waals surface area contributed by atoms with E-state index in [1.807, 2.05) is 0 Å². The number of hydrogen-bond donors (Lipinski definition) is 1. The van der Waals surface area contributed by atoms with E-state index in [2.05, 4.69) is 59.4 Å². The summed E-state index contributed by atoms with van der Waals surface area (Å²) in [6.45, 7) is 5.12. The molecule has 1 atom stereocenters. The summed E-state index contributed by atoms with van der Waals surface area (Å²) in [5.41, 5.74) is 2.67. The summed E-state index contributed by atoms with van der Waals surface area (Å²) in [6, 6.07) is 8.37.